The summed E-state index contributed by atoms with van der Waals surface area (Å²) in [4.78, 5) is 9.18. The predicted molar refractivity (Wildman–Crippen MR) is 16.0 cm³/mol. The summed E-state index contributed by atoms with van der Waals surface area (Å²) in [5.41, 5.74) is 0. The molecule has 0 rings (SSSR count). The fourth-order valence-corrected chi connectivity index (χ4v) is 0.0471. The van der Waals surface area contributed by atoms with Crippen LogP contribution in [0.25, 0.3) is 0 Å². The highest BCUT2D eigenvalue weighted by Crippen LogP contribution is 1.51. The van der Waals surface area contributed by atoms with Crippen molar-refractivity contribution in [2.75, 3.05) is 0 Å². The van der Waals surface area contributed by atoms with E-state index in [4.69, 9.17) is 5.21 Å². The molecule has 0 fully saturated rings. The van der Waals surface area contributed by atoms with Gasteiger partial charge in [0.25, 0.3) is 0 Å². The van der Waals surface area contributed by atoms with Gasteiger partial charge >= 0.3 is 5.97 Å². The molecule has 0 aromatic carbocycles. The number of hydrogen-bond donors (Lipinski definition) is 1. The minimum absolute atomic E-state index is 0.278. The molecule has 1 radical (unpaired) electrons. The third-order valence-corrected chi connectivity index (χ3v) is 0.163. The lowest BCUT2D eigenvalue weighted by Crippen LogP contribution is -1.90. The monoisotopic (exact) mass is 88.0 g/mol. The smallest absolute Gasteiger partial charge is 0.400 e. The van der Waals surface area contributed by atoms with Gasteiger partial charge in [-0.25, -0.2) is 9.90 Å². The van der Waals surface area contributed by atoms with Crippen LogP contribution >= 0.6 is 0 Å². The van der Waals surface area contributed by atoms with Crippen molar-refractivity contribution in [2.45, 2.75) is 0 Å². The Bertz CT molecular complexity index is 76.9. The molecule has 4 heteroatoms. The van der Waals surface area contributed by atoms with Crippen LogP contribution in [-0.4, -0.2) is 17.4 Å². The lowest BCUT2D eigenvalue weighted by molar-refractivity contribution is -0.134. The van der Waals surface area contributed by atoms with Gasteiger partial charge in [0.15, 0.2) is 6.21 Å². The molecule has 0 aromatic heterocycles. The van der Waals surface area contributed by atoms with Gasteiger partial charge in [-0.3, -0.25) is 0 Å². The Hall–Kier alpha value is -1.06. The topological polar surface area (TPSA) is 69.6 Å². The number of carbonyl (C=O) groups excluding carboxylic acids is 1. The van der Waals surface area contributed by atoms with Crippen molar-refractivity contribution < 1.29 is 15.1 Å². The normalized spacial score (nSPS) is 9.33. The fourth-order valence-electron chi connectivity index (χ4n) is 0.0471. The number of oxime groups is 1. The van der Waals surface area contributed by atoms with Crippen molar-refractivity contribution in [3.8, 4) is 0 Å². The molecular formula is C2H2NO3. The average molecular weight is 88.0 g/mol. The average Bonchev–Trinajstić information content (AvgIpc) is 1.35. The van der Waals surface area contributed by atoms with Crippen LogP contribution in [0.4, 0.5) is 0 Å². The Balaban J connectivity index is 3.30. The van der Waals surface area contributed by atoms with Crippen molar-refractivity contribution >= 4 is 12.2 Å². The molecule has 1 N–H and O–H groups in total. The molecule has 0 heterocycles. The standard InChI is InChI=1S/C2H2NO3/c4-2(5)1-3-6/h1,6H/b3-1+. The Kier molecular flexibility index (Phi) is 1.81. The molecule has 0 spiro atoms. The zero-order valence-corrected chi connectivity index (χ0v) is 2.79. The van der Waals surface area contributed by atoms with E-state index in [0.29, 0.717) is 0 Å². The van der Waals surface area contributed by atoms with E-state index >= 15 is 0 Å². The molecule has 0 saturated heterocycles. The maximum atomic E-state index is 9.18. The summed E-state index contributed by atoms with van der Waals surface area (Å²) in [6.07, 6.45) is 0.278. The molecule has 0 atom stereocenters. The van der Waals surface area contributed by atoms with Crippen LogP contribution in [0.1, 0.15) is 0 Å². The van der Waals surface area contributed by atoms with Gasteiger partial charge < -0.3 is 5.21 Å². The Morgan fingerprint density at radius 1 is 1.83 bits per heavy atom. The summed E-state index contributed by atoms with van der Waals surface area (Å²) < 4.78 is 0. The molecule has 0 aliphatic carbocycles. The Morgan fingerprint density at radius 2 is 2.33 bits per heavy atom. The Morgan fingerprint density at radius 3 is 2.33 bits per heavy atom. The van der Waals surface area contributed by atoms with Crippen molar-refractivity contribution in [1.29, 1.82) is 0 Å². The van der Waals surface area contributed by atoms with Gasteiger partial charge in [0, 0.05) is 0 Å². The number of nitrogens with zero attached hydrogens (tertiary/aromatic N) is 1. The lowest BCUT2D eigenvalue weighted by atomic mass is 10.8. The van der Waals surface area contributed by atoms with Crippen molar-refractivity contribution in [2.24, 2.45) is 5.16 Å². The number of hydrogen-bond acceptors (Lipinski definition) is 3. The minimum Gasteiger partial charge on any atom is -0.411 e. The molecule has 33 valence electrons. The fraction of sp³-hybridized carbons (Fsp3) is 0. The molecule has 0 bridgehead atoms. The van der Waals surface area contributed by atoms with Gasteiger partial charge in [-0.05, 0) is 0 Å². The molecular weight excluding hydrogens is 86.0 g/mol. The van der Waals surface area contributed by atoms with E-state index in [-0.39, 0.29) is 6.21 Å². The van der Waals surface area contributed by atoms with Gasteiger partial charge in [0.2, 0.25) is 0 Å². The second kappa shape index (κ2) is 2.19. The maximum Gasteiger partial charge on any atom is 0.400 e. The van der Waals surface area contributed by atoms with Crippen LogP contribution in [-0.2, 0) is 9.90 Å². The molecule has 6 heavy (non-hydrogen) atoms. The van der Waals surface area contributed by atoms with Crippen LogP contribution in [0.5, 0.6) is 0 Å². The van der Waals surface area contributed by atoms with Gasteiger partial charge in [-0.1, -0.05) is 5.16 Å². The third-order valence-electron chi connectivity index (χ3n) is 0.163. The predicted octanol–water partition coefficient (Wildman–Crippen LogP) is -0.597. The quantitative estimate of drug-likeness (QED) is 0.264. The summed E-state index contributed by atoms with van der Waals surface area (Å²) in [7, 11) is 0. The van der Waals surface area contributed by atoms with Crippen LogP contribution < -0.4 is 0 Å². The maximum absolute atomic E-state index is 9.18. The minimum atomic E-state index is -1.50. The second-order valence-corrected chi connectivity index (χ2v) is 0.564. The van der Waals surface area contributed by atoms with Crippen LogP contribution in [0.2, 0.25) is 0 Å². The molecule has 0 aliphatic heterocycles. The molecule has 0 saturated carbocycles. The third kappa shape index (κ3) is 2.94. The summed E-state index contributed by atoms with van der Waals surface area (Å²) in [5.74, 6) is -1.50. The van der Waals surface area contributed by atoms with Gasteiger partial charge in [-0.15, -0.1) is 0 Å². The molecule has 0 amide bonds. The summed E-state index contributed by atoms with van der Waals surface area (Å²) in [6.45, 7) is 0. The first-order valence-electron chi connectivity index (χ1n) is 1.16. The zero-order chi connectivity index (χ0) is 4.99. The highest BCUT2D eigenvalue weighted by Gasteiger charge is 1.85. The van der Waals surface area contributed by atoms with Crippen molar-refractivity contribution in [3.05, 3.63) is 0 Å². The SMILES string of the molecule is [O]C(=O)/C=N/O. The van der Waals surface area contributed by atoms with Gasteiger partial charge in [-0.2, -0.15) is 0 Å². The summed E-state index contributed by atoms with van der Waals surface area (Å²) in [5, 5.41) is 18.7. The lowest BCUT2D eigenvalue weighted by Gasteiger charge is -1.62. The molecule has 4 nitrogen and oxygen atoms in total. The summed E-state index contributed by atoms with van der Waals surface area (Å²) in [6, 6.07) is 0. The van der Waals surface area contributed by atoms with Gasteiger partial charge in [0.1, 0.15) is 0 Å². The summed E-state index contributed by atoms with van der Waals surface area (Å²) >= 11 is 0. The zero-order valence-electron chi connectivity index (χ0n) is 2.79. The van der Waals surface area contributed by atoms with Crippen molar-refractivity contribution in [1.82, 2.24) is 0 Å². The molecule has 0 aliphatic rings. The van der Waals surface area contributed by atoms with E-state index in [1.807, 2.05) is 0 Å². The number of rotatable bonds is 1. The first kappa shape index (κ1) is 4.94. The largest absolute Gasteiger partial charge is 0.411 e. The molecule has 0 aromatic rings. The molecule has 0 unspecified atom stereocenters. The van der Waals surface area contributed by atoms with E-state index in [0.717, 1.165) is 0 Å². The van der Waals surface area contributed by atoms with E-state index in [1.165, 1.54) is 0 Å². The second-order valence-electron chi connectivity index (χ2n) is 0.564. The van der Waals surface area contributed by atoms with Crippen molar-refractivity contribution in [3.63, 3.8) is 0 Å². The van der Waals surface area contributed by atoms with E-state index < -0.39 is 5.97 Å². The highest BCUT2D eigenvalue weighted by molar-refractivity contribution is 6.21. The number of carbonyl (C=O) groups is 1. The first-order chi connectivity index (χ1) is 2.77. The van der Waals surface area contributed by atoms with E-state index in [1.54, 1.807) is 0 Å². The van der Waals surface area contributed by atoms with Crippen LogP contribution in [0, 0.1) is 0 Å². The Labute approximate surface area is 33.7 Å². The van der Waals surface area contributed by atoms with E-state index in [2.05, 4.69) is 5.16 Å². The first-order valence-corrected chi connectivity index (χ1v) is 1.16. The van der Waals surface area contributed by atoms with Gasteiger partial charge in [0.05, 0.1) is 0 Å². The van der Waals surface area contributed by atoms with Crippen LogP contribution in [0.3, 0.4) is 0 Å². The van der Waals surface area contributed by atoms with Crippen LogP contribution in [0.15, 0.2) is 5.16 Å². The van der Waals surface area contributed by atoms with E-state index in [9.17, 15) is 9.90 Å². The highest BCUT2D eigenvalue weighted by atomic mass is 16.4.